The molecule has 0 saturated heterocycles. The molecular formula is C72H50N2OSi2. The Kier molecular flexibility index (Phi) is 10.6. The number of para-hydroxylation sites is 4. The van der Waals surface area contributed by atoms with Crippen LogP contribution in [0.3, 0.4) is 0 Å². The smallest absolute Gasteiger partial charge is 0.181 e. The SMILES string of the molecule is c1ccc([Si](c2ccccc2)(c2ccccc2)c2cc3c(cc2-n2c4ccccc4c4ccccc42)oc2cc(-n4c5ccccc5c5ccccc54)c([Si](c4ccccc4)(c4ccccc4)c4ccccc4)cc23)cc1. The second kappa shape index (κ2) is 18.1. The monoisotopic (exact) mass is 1010 g/mol. The lowest BCUT2D eigenvalue weighted by atomic mass is 10.1. The average molecular weight is 1020 g/mol. The zero-order chi connectivity index (χ0) is 50.9. The molecule has 0 aliphatic heterocycles. The van der Waals surface area contributed by atoms with Crippen LogP contribution in [0.5, 0.6) is 0 Å². The van der Waals surface area contributed by atoms with Gasteiger partial charge in [-0.1, -0.05) is 255 Å². The van der Waals surface area contributed by atoms with Gasteiger partial charge < -0.3 is 13.6 Å². The lowest BCUT2D eigenvalue weighted by molar-refractivity contribution is 0.668. The summed E-state index contributed by atoms with van der Waals surface area (Å²) in [4.78, 5) is 0. The van der Waals surface area contributed by atoms with Gasteiger partial charge in [-0.05, 0) is 77.9 Å². The standard InChI is InChI=1S/C72H50N2OSi2/c1-7-27-51(28-8-1)76(52-29-9-2-10-30-52,53-31-11-3-12-32-53)71-47-61-62-48-72(77(54-33-13-4-14-34-54,55-35-15-5-16-36-55)56-37-17-6-18-38-56)68(74-65-45-25-21-41-59(65)60-42-22-26-46-66(60)74)50-70(62)75-69(61)49-67(71)73-63-43-23-19-39-57(63)58-40-20-24-44-64(58)73/h1-50H. The molecule has 3 heterocycles. The molecular weight excluding hydrogens is 965 g/mol. The van der Waals surface area contributed by atoms with Crippen molar-refractivity contribution < 1.29 is 4.42 Å². The van der Waals surface area contributed by atoms with Crippen LogP contribution in [0.15, 0.2) is 308 Å². The molecule has 0 amide bonds. The van der Waals surface area contributed by atoms with E-state index < -0.39 is 16.1 Å². The van der Waals surface area contributed by atoms with E-state index in [4.69, 9.17) is 4.42 Å². The normalized spacial score (nSPS) is 12.2. The summed E-state index contributed by atoms with van der Waals surface area (Å²) in [6.45, 7) is 0. The topological polar surface area (TPSA) is 23.0 Å². The Bertz CT molecular complexity index is 4070. The highest BCUT2D eigenvalue weighted by atomic mass is 28.3. The van der Waals surface area contributed by atoms with E-state index in [1.165, 1.54) is 63.0 Å². The van der Waals surface area contributed by atoms with Gasteiger partial charge in [0.1, 0.15) is 11.2 Å². The Balaban J connectivity index is 1.17. The average Bonchev–Trinajstić information content (AvgIpc) is 4.22. The third kappa shape index (κ3) is 6.74. The highest BCUT2D eigenvalue weighted by molar-refractivity contribution is 7.21. The molecule has 3 nitrogen and oxygen atoms in total. The molecule has 0 atom stereocenters. The maximum absolute atomic E-state index is 7.55. The molecule has 0 spiro atoms. The van der Waals surface area contributed by atoms with E-state index in [0.717, 1.165) is 55.4 Å². The van der Waals surface area contributed by atoms with Crippen LogP contribution in [-0.2, 0) is 0 Å². The molecule has 15 aromatic rings. The third-order valence-electron chi connectivity index (χ3n) is 16.4. The third-order valence-corrected chi connectivity index (χ3v) is 26.0. The van der Waals surface area contributed by atoms with Crippen LogP contribution in [0, 0.1) is 0 Å². The molecule has 0 unspecified atom stereocenters. The molecule has 0 fully saturated rings. The maximum atomic E-state index is 7.55. The number of benzene rings is 12. The molecule has 5 heteroatoms. The summed E-state index contributed by atoms with van der Waals surface area (Å²) in [7, 11) is -6.47. The summed E-state index contributed by atoms with van der Waals surface area (Å²) in [5.41, 5.74) is 8.53. The van der Waals surface area contributed by atoms with E-state index >= 15 is 0 Å². The molecule has 0 bridgehead atoms. The Labute approximate surface area is 448 Å². The minimum atomic E-state index is -3.24. The number of fused-ring (bicyclic) bond motifs is 9. The molecule has 77 heavy (non-hydrogen) atoms. The Morgan fingerprint density at radius 3 is 0.688 bits per heavy atom. The number of furan rings is 1. The van der Waals surface area contributed by atoms with E-state index in [2.05, 4.69) is 312 Å². The van der Waals surface area contributed by atoms with Gasteiger partial charge in [0.25, 0.3) is 0 Å². The van der Waals surface area contributed by atoms with Crippen LogP contribution in [0.25, 0.3) is 76.9 Å². The summed E-state index contributed by atoms with van der Waals surface area (Å²) in [6.07, 6.45) is 0. The Morgan fingerprint density at radius 2 is 0.442 bits per heavy atom. The van der Waals surface area contributed by atoms with Crippen molar-refractivity contribution in [3.63, 3.8) is 0 Å². The molecule has 3 aromatic heterocycles. The molecule has 0 radical (unpaired) electrons. The van der Waals surface area contributed by atoms with Crippen LogP contribution in [0.1, 0.15) is 0 Å². The van der Waals surface area contributed by atoms with Crippen LogP contribution in [0.2, 0.25) is 0 Å². The van der Waals surface area contributed by atoms with Gasteiger partial charge in [0.05, 0.1) is 33.4 Å². The number of rotatable bonds is 10. The van der Waals surface area contributed by atoms with Gasteiger partial charge >= 0.3 is 0 Å². The van der Waals surface area contributed by atoms with Crippen LogP contribution in [0.4, 0.5) is 0 Å². The predicted molar refractivity (Wildman–Crippen MR) is 330 cm³/mol. The van der Waals surface area contributed by atoms with Crippen molar-refractivity contribution >= 4 is 123 Å². The first-order chi connectivity index (χ1) is 38.2. The highest BCUT2D eigenvalue weighted by Gasteiger charge is 2.46. The lowest BCUT2D eigenvalue weighted by Crippen LogP contribution is -2.75. The van der Waals surface area contributed by atoms with E-state index in [9.17, 15) is 0 Å². The van der Waals surface area contributed by atoms with Gasteiger partial charge in [-0.2, -0.15) is 0 Å². The van der Waals surface area contributed by atoms with Gasteiger partial charge in [0, 0.05) is 44.5 Å². The van der Waals surface area contributed by atoms with Crippen molar-refractivity contribution in [2.75, 3.05) is 0 Å². The minimum Gasteiger partial charge on any atom is -0.456 e. The van der Waals surface area contributed by atoms with Crippen molar-refractivity contribution in [3.05, 3.63) is 303 Å². The van der Waals surface area contributed by atoms with E-state index in [0.29, 0.717) is 0 Å². The summed E-state index contributed by atoms with van der Waals surface area (Å²) < 4.78 is 12.6. The van der Waals surface area contributed by atoms with Gasteiger partial charge in [0.15, 0.2) is 16.1 Å². The number of hydrogen-bond acceptors (Lipinski definition) is 1. The largest absolute Gasteiger partial charge is 0.456 e. The molecule has 0 N–H and O–H groups in total. The minimum absolute atomic E-state index is 0.842. The van der Waals surface area contributed by atoms with Crippen molar-refractivity contribution in [3.8, 4) is 11.4 Å². The number of nitrogens with zero attached hydrogens (tertiary/aromatic N) is 2. The first-order valence-corrected chi connectivity index (χ1v) is 30.6. The molecule has 0 saturated carbocycles. The lowest BCUT2D eigenvalue weighted by Gasteiger charge is -2.36. The molecule has 0 aliphatic rings. The fourth-order valence-corrected chi connectivity index (χ4v) is 23.1. The fourth-order valence-electron chi connectivity index (χ4n) is 13.2. The summed E-state index contributed by atoms with van der Waals surface area (Å²) in [5.74, 6) is 0. The Hall–Kier alpha value is -9.53. The highest BCUT2D eigenvalue weighted by Crippen LogP contribution is 2.39. The quantitative estimate of drug-likeness (QED) is 0.0989. The number of hydrogen-bond donors (Lipinski definition) is 0. The fraction of sp³-hybridized carbons (Fsp3) is 0. The van der Waals surface area contributed by atoms with Crippen molar-refractivity contribution in [2.24, 2.45) is 0 Å². The molecule has 15 rings (SSSR count). The second-order valence-corrected chi connectivity index (χ2v) is 27.8. The first-order valence-electron chi connectivity index (χ1n) is 26.6. The van der Waals surface area contributed by atoms with Crippen LogP contribution in [-0.4, -0.2) is 25.3 Å². The van der Waals surface area contributed by atoms with Gasteiger partial charge in [0.2, 0.25) is 0 Å². The predicted octanol–water partition coefficient (Wildman–Crippen LogP) is 12.5. The van der Waals surface area contributed by atoms with Crippen molar-refractivity contribution in [1.29, 1.82) is 0 Å². The van der Waals surface area contributed by atoms with Crippen molar-refractivity contribution in [1.82, 2.24) is 9.13 Å². The van der Waals surface area contributed by atoms with E-state index in [1.807, 2.05) is 0 Å². The van der Waals surface area contributed by atoms with Gasteiger partial charge in [-0.25, -0.2) is 0 Å². The van der Waals surface area contributed by atoms with E-state index in [1.54, 1.807) is 0 Å². The second-order valence-electron chi connectivity index (χ2n) is 20.3. The van der Waals surface area contributed by atoms with Gasteiger partial charge in [-0.3, -0.25) is 0 Å². The zero-order valence-electron chi connectivity index (χ0n) is 42.2. The van der Waals surface area contributed by atoms with Crippen LogP contribution < -0.4 is 41.5 Å². The van der Waals surface area contributed by atoms with Crippen molar-refractivity contribution in [2.45, 2.75) is 0 Å². The number of aromatic nitrogens is 2. The first kappa shape index (κ1) is 44.9. The molecule has 0 aliphatic carbocycles. The molecule has 12 aromatic carbocycles. The maximum Gasteiger partial charge on any atom is 0.181 e. The van der Waals surface area contributed by atoms with E-state index in [-0.39, 0.29) is 0 Å². The van der Waals surface area contributed by atoms with Gasteiger partial charge in [-0.15, -0.1) is 0 Å². The summed E-state index contributed by atoms with van der Waals surface area (Å²) in [6, 6.07) is 113. The Morgan fingerprint density at radius 1 is 0.221 bits per heavy atom. The zero-order valence-corrected chi connectivity index (χ0v) is 44.2. The summed E-state index contributed by atoms with van der Waals surface area (Å²) >= 11 is 0. The molecule has 362 valence electrons. The summed E-state index contributed by atoms with van der Waals surface area (Å²) in [5, 5.41) is 17.5. The van der Waals surface area contributed by atoms with Crippen LogP contribution >= 0.6 is 0 Å².